The van der Waals surface area contributed by atoms with Crippen LogP contribution >= 0.6 is 0 Å². The standard InChI is InChI=1S/C70H127NO10/c1-4-7-10-13-16-19-22-25-27-28-29-30-31-32-33-34-35-37-39-42-45-48-51-54-57-63(74)69(78)71-61(62(73)56-53-50-47-44-41-38-24-21-18-15-12-9-6-3)60-79-70-68(67(77)66(76)64(59-72)80-70)81-65(75)58-55-52-49-46-43-40-36-26-23-20-17-14-11-8-5-2/h16-17,19-20,23,25-27,53,56,61-64,66-68,70,72-74,76-77H,4-15,18,21-22,24,28-52,54-55,57-60H2,1-3H3,(H,71,78)/b19-16-,20-17+,26-23+,27-25-,56-53+. The van der Waals surface area contributed by atoms with Crippen molar-refractivity contribution in [2.75, 3.05) is 13.2 Å². The lowest BCUT2D eigenvalue weighted by Gasteiger charge is -2.41. The van der Waals surface area contributed by atoms with Crippen molar-refractivity contribution in [1.29, 1.82) is 0 Å². The highest BCUT2D eigenvalue weighted by molar-refractivity contribution is 5.80. The molecular formula is C70H127NO10. The summed E-state index contributed by atoms with van der Waals surface area (Å²) in [4.78, 5) is 26.6. The van der Waals surface area contributed by atoms with Crippen molar-refractivity contribution in [2.24, 2.45) is 0 Å². The number of ether oxygens (including phenoxy) is 3. The third-order valence-corrected chi connectivity index (χ3v) is 15.9. The second-order valence-electron chi connectivity index (χ2n) is 23.6. The van der Waals surface area contributed by atoms with Gasteiger partial charge in [-0.05, 0) is 83.5 Å². The molecule has 0 aromatic carbocycles. The van der Waals surface area contributed by atoms with E-state index < -0.39 is 67.4 Å². The Labute approximate surface area is 497 Å². The Morgan fingerprint density at radius 1 is 0.494 bits per heavy atom. The fraction of sp³-hybridized carbons (Fsp3) is 0.829. The molecule has 6 N–H and O–H groups in total. The van der Waals surface area contributed by atoms with E-state index in [9.17, 15) is 35.1 Å². The summed E-state index contributed by atoms with van der Waals surface area (Å²) in [6.07, 6.45) is 62.6. The van der Waals surface area contributed by atoms with Crippen LogP contribution in [0.5, 0.6) is 0 Å². The Morgan fingerprint density at radius 3 is 1.36 bits per heavy atom. The van der Waals surface area contributed by atoms with E-state index in [-0.39, 0.29) is 13.0 Å². The molecule has 1 aliphatic rings. The summed E-state index contributed by atoms with van der Waals surface area (Å²) >= 11 is 0. The average molecular weight is 1140 g/mol. The lowest BCUT2D eigenvalue weighted by molar-refractivity contribution is -0.305. The highest BCUT2D eigenvalue weighted by Crippen LogP contribution is 2.26. The molecule has 11 nitrogen and oxygen atoms in total. The quantitative estimate of drug-likeness (QED) is 0.0149. The van der Waals surface area contributed by atoms with Crippen molar-refractivity contribution < 1.29 is 49.3 Å². The number of esters is 1. The van der Waals surface area contributed by atoms with Crippen LogP contribution in [0.25, 0.3) is 0 Å². The molecule has 0 radical (unpaired) electrons. The highest BCUT2D eigenvalue weighted by atomic mass is 16.7. The second-order valence-corrected chi connectivity index (χ2v) is 23.6. The predicted octanol–water partition coefficient (Wildman–Crippen LogP) is 17.0. The Hall–Kier alpha value is -2.64. The van der Waals surface area contributed by atoms with E-state index in [1.807, 2.05) is 6.08 Å². The van der Waals surface area contributed by atoms with Crippen LogP contribution in [-0.4, -0.2) is 99.6 Å². The number of hydrogen-bond donors (Lipinski definition) is 6. The van der Waals surface area contributed by atoms with Crippen LogP contribution in [0.3, 0.4) is 0 Å². The zero-order valence-corrected chi connectivity index (χ0v) is 52.4. The summed E-state index contributed by atoms with van der Waals surface area (Å²) < 4.78 is 17.6. The molecule has 1 rings (SSSR count). The summed E-state index contributed by atoms with van der Waals surface area (Å²) in [5.74, 6) is -1.20. The highest BCUT2D eigenvalue weighted by Gasteiger charge is 2.47. The van der Waals surface area contributed by atoms with Crippen LogP contribution in [0.15, 0.2) is 60.8 Å². The van der Waals surface area contributed by atoms with Gasteiger partial charge in [0, 0.05) is 6.42 Å². The van der Waals surface area contributed by atoms with Gasteiger partial charge in [-0.1, -0.05) is 281 Å². The van der Waals surface area contributed by atoms with Gasteiger partial charge in [-0.15, -0.1) is 0 Å². The second kappa shape index (κ2) is 57.8. The van der Waals surface area contributed by atoms with Gasteiger partial charge in [-0.25, -0.2) is 0 Å². The van der Waals surface area contributed by atoms with Crippen molar-refractivity contribution in [3.63, 3.8) is 0 Å². The van der Waals surface area contributed by atoms with Crippen LogP contribution in [0.2, 0.25) is 0 Å². The van der Waals surface area contributed by atoms with Crippen LogP contribution in [0.4, 0.5) is 0 Å². The molecule has 0 aliphatic carbocycles. The molecule has 0 saturated carbocycles. The summed E-state index contributed by atoms with van der Waals surface area (Å²) in [7, 11) is 0. The van der Waals surface area contributed by atoms with Crippen molar-refractivity contribution in [1.82, 2.24) is 5.32 Å². The number of allylic oxidation sites excluding steroid dienone is 9. The van der Waals surface area contributed by atoms with Gasteiger partial charge in [0.05, 0.1) is 25.4 Å². The lowest BCUT2D eigenvalue weighted by Crippen LogP contribution is -2.61. The minimum absolute atomic E-state index is 0.110. The predicted molar refractivity (Wildman–Crippen MR) is 338 cm³/mol. The van der Waals surface area contributed by atoms with Gasteiger partial charge in [-0.2, -0.15) is 0 Å². The largest absolute Gasteiger partial charge is 0.454 e. The number of hydrogen-bond acceptors (Lipinski definition) is 10. The van der Waals surface area contributed by atoms with E-state index in [1.54, 1.807) is 6.08 Å². The molecule has 1 heterocycles. The number of carbonyl (C=O) groups excluding carboxylic acids is 2. The van der Waals surface area contributed by atoms with Gasteiger partial charge in [0.2, 0.25) is 5.91 Å². The molecule has 472 valence electrons. The lowest BCUT2D eigenvalue weighted by atomic mass is 9.99. The number of nitrogens with one attached hydrogen (secondary N) is 1. The summed E-state index contributed by atoms with van der Waals surface area (Å²) in [6, 6.07) is -1.03. The van der Waals surface area contributed by atoms with E-state index in [0.29, 0.717) is 19.3 Å². The maximum atomic E-state index is 13.5. The minimum Gasteiger partial charge on any atom is -0.454 e. The zero-order chi connectivity index (χ0) is 58.9. The minimum atomic E-state index is -1.62. The van der Waals surface area contributed by atoms with Crippen LogP contribution < -0.4 is 5.32 Å². The molecule has 0 aromatic heterocycles. The van der Waals surface area contributed by atoms with Crippen molar-refractivity contribution >= 4 is 11.9 Å². The molecule has 1 aliphatic heterocycles. The smallest absolute Gasteiger partial charge is 0.306 e. The number of aliphatic hydroxyl groups is 5. The first-order valence-corrected chi connectivity index (χ1v) is 34.1. The monoisotopic (exact) mass is 1140 g/mol. The molecule has 0 bridgehead atoms. The Morgan fingerprint density at radius 2 is 0.889 bits per heavy atom. The van der Waals surface area contributed by atoms with E-state index in [1.165, 1.54) is 173 Å². The maximum absolute atomic E-state index is 13.5. The molecule has 81 heavy (non-hydrogen) atoms. The molecule has 1 fully saturated rings. The zero-order valence-electron chi connectivity index (χ0n) is 52.4. The first-order chi connectivity index (χ1) is 39.7. The first-order valence-electron chi connectivity index (χ1n) is 34.1. The fourth-order valence-corrected chi connectivity index (χ4v) is 10.5. The molecular weight excluding hydrogens is 1010 g/mol. The molecule has 0 aromatic rings. The summed E-state index contributed by atoms with van der Waals surface area (Å²) in [6.45, 7) is 5.76. The van der Waals surface area contributed by atoms with Crippen molar-refractivity contribution in [3.8, 4) is 0 Å². The third kappa shape index (κ3) is 45.4. The van der Waals surface area contributed by atoms with Crippen LogP contribution in [0.1, 0.15) is 310 Å². The van der Waals surface area contributed by atoms with Crippen molar-refractivity contribution in [3.05, 3.63) is 60.8 Å². The average Bonchev–Trinajstić information content (AvgIpc) is 3.46. The molecule has 1 saturated heterocycles. The Balaban J connectivity index is 2.61. The third-order valence-electron chi connectivity index (χ3n) is 15.9. The van der Waals surface area contributed by atoms with Gasteiger partial charge in [-0.3, -0.25) is 9.59 Å². The van der Waals surface area contributed by atoms with E-state index in [4.69, 9.17) is 14.2 Å². The van der Waals surface area contributed by atoms with E-state index in [2.05, 4.69) is 74.7 Å². The molecule has 8 unspecified atom stereocenters. The van der Waals surface area contributed by atoms with E-state index >= 15 is 0 Å². The topological polar surface area (TPSA) is 175 Å². The number of amides is 1. The Kier molecular flexibility index (Phi) is 54.5. The number of carbonyl (C=O) groups is 2. The number of unbranched alkanes of at least 4 members (excludes halogenated alkanes) is 37. The van der Waals surface area contributed by atoms with Crippen LogP contribution in [0, 0.1) is 0 Å². The first kappa shape index (κ1) is 76.4. The molecule has 1 amide bonds. The SMILES string of the molecule is CCCCC/C=C\C/C=C\CCCCCCCCCCCCCCCCC(O)C(=O)NC(COC1OC(CO)C(O)C(O)C1OC(=O)CCCCCCCC/C=C/C=C/CCCCC)C(O)/C=C/CCCCCCCCCCCCC. The normalized spacial score (nSPS) is 19.0. The van der Waals surface area contributed by atoms with Gasteiger partial charge in [0.25, 0.3) is 0 Å². The van der Waals surface area contributed by atoms with Crippen molar-refractivity contribution in [2.45, 2.75) is 359 Å². The van der Waals surface area contributed by atoms with Gasteiger partial charge < -0.3 is 45.1 Å². The fourth-order valence-electron chi connectivity index (χ4n) is 10.5. The van der Waals surface area contributed by atoms with E-state index in [0.717, 1.165) is 89.9 Å². The number of rotatable bonds is 58. The molecule has 0 spiro atoms. The maximum Gasteiger partial charge on any atom is 0.306 e. The summed E-state index contributed by atoms with van der Waals surface area (Å²) in [5, 5.41) is 57.1. The number of aliphatic hydroxyl groups excluding tert-OH is 5. The Bertz CT molecular complexity index is 1550. The molecule has 8 atom stereocenters. The van der Waals surface area contributed by atoms with Gasteiger partial charge >= 0.3 is 5.97 Å². The van der Waals surface area contributed by atoms with Crippen LogP contribution in [-0.2, 0) is 23.8 Å². The summed E-state index contributed by atoms with van der Waals surface area (Å²) in [5.41, 5.74) is 0. The van der Waals surface area contributed by atoms with Gasteiger partial charge in [0.1, 0.15) is 24.4 Å². The molecule has 11 heteroatoms. The van der Waals surface area contributed by atoms with Gasteiger partial charge in [0.15, 0.2) is 12.4 Å².